The van der Waals surface area contributed by atoms with Crippen molar-refractivity contribution < 1.29 is 4.79 Å². The van der Waals surface area contributed by atoms with Crippen molar-refractivity contribution in [2.24, 2.45) is 0 Å². The third-order valence-corrected chi connectivity index (χ3v) is 4.01. The molecular weight excluding hydrogens is 262 g/mol. The maximum atomic E-state index is 12.2. The molecule has 0 saturated carbocycles. The Bertz CT molecular complexity index is 501. The number of nitrogens with one attached hydrogen (secondary N) is 1. The number of rotatable bonds is 3. The monoisotopic (exact) mass is 279 g/mol. The highest BCUT2D eigenvalue weighted by Gasteiger charge is 2.23. The van der Waals surface area contributed by atoms with Crippen LogP contribution in [0.4, 0.5) is 10.8 Å². The molecule has 19 heavy (non-hydrogen) atoms. The van der Waals surface area contributed by atoms with Crippen LogP contribution in [0, 0.1) is 11.3 Å². The van der Waals surface area contributed by atoms with Crippen LogP contribution in [0.1, 0.15) is 31.7 Å². The summed E-state index contributed by atoms with van der Waals surface area (Å²) >= 11 is 1.11. The molecule has 0 aliphatic carbocycles. The maximum Gasteiger partial charge on any atom is 0.244 e. The highest BCUT2D eigenvalue weighted by molar-refractivity contribution is 7.10. The maximum absolute atomic E-state index is 12.2. The van der Waals surface area contributed by atoms with Gasteiger partial charge in [0.15, 0.2) is 5.82 Å². The summed E-state index contributed by atoms with van der Waals surface area (Å²) in [5, 5.41) is 12.6. The van der Waals surface area contributed by atoms with Crippen molar-refractivity contribution in [3.05, 3.63) is 5.56 Å². The third kappa shape index (κ3) is 2.96. The Kier molecular flexibility index (Phi) is 4.22. The van der Waals surface area contributed by atoms with Gasteiger partial charge in [-0.1, -0.05) is 0 Å². The number of nitrogens with zero attached hydrogens (tertiary/aromatic N) is 3. The predicted molar refractivity (Wildman–Crippen MR) is 74.8 cm³/mol. The summed E-state index contributed by atoms with van der Waals surface area (Å²) in [6, 6.07) is 1.63. The number of carbonyl (C=O) groups is 1. The van der Waals surface area contributed by atoms with E-state index in [0.29, 0.717) is 10.6 Å². The lowest BCUT2D eigenvalue weighted by Gasteiger charge is -2.29. The zero-order chi connectivity index (χ0) is 13.8. The fraction of sp³-hybridized carbons (Fsp3) is 0.583. The first-order chi connectivity index (χ1) is 9.13. The first-order valence-electron chi connectivity index (χ1n) is 6.34. The van der Waals surface area contributed by atoms with E-state index in [1.54, 1.807) is 6.92 Å². The number of nitriles is 1. The summed E-state index contributed by atoms with van der Waals surface area (Å²) in [5.41, 5.74) is 5.91. The Balaban J connectivity index is 2.02. The molecule has 102 valence electrons. The predicted octanol–water partition coefficient (Wildman–Crippen LogP) is 1.41. The summed E-state index contributed by atoms with van der Waals surface area (Å²) in [5.74, 6) is 0.281. The van der Waals surface area contributed by atoms with Crippen LogP contribution in [0.5, 0.6) is 0 Å². The molecule has 1 amide bonds. The minimum atomic E-state index is -0.370. The first-order valence-corrected chi connectivity index (χ1v) is 7.11. The normalized spacial score (nSPS) is 16.7. The van der Waals surface area contributed by atoms with Gasteiger partial charge in [0.25, 0.3) is 0 Å². The average molecular weight is 279 g/mol. The van der Waals surface area contributed by atoms with Gasteiger partial charge in [-0.25, -0.2) is 0 Å². The van der Waals surface area contributed by atoms with E-state index in [1.807, 2.05) is 11.0 Å². The molecule has 1 saturated heterocycles. The average Bonchev–Trinajstić information content (AvgIpc) is 2.79. The number of aromatic nitrogens is 1. The molecule has 2 heterocycles. The van der Waals surface area contributed by atoms with Crippen LogP contribution in [-0.2, 0) is 4.79 Å². The molecule has 1 atom stereocenters. The van der Waals surface area contributed by atoms with Crippen molar-refractivity contribution in [3.63, 3.8) is 0 Å². The lowest BCUT2D eigenvalue weighted by molar-refractivity contribution is -0.132. The number of carbonyl (C=O) groups excluding carboxylic acids is 1. The molecule has 6 nitrogen and oxygen atoms in total. The van der Waals surface area contributed by atoms with Gasteiger partial charge in [0.2, 0.25) is 5.91 Å². The van der Waals surface area contributed by atoms with E-state index in [4.69, 9.17) is 11.0 Å². The SMILES string of the molecule is CC(Nc1snc(N)c1C#N)C(=O)N1CCCCC1. The highest BCUT2D eigenvalue weighted by atomic mass is 32.1. The number of likely N-dealkylation sites (tertiary alicyclic amines) is 1. The van der Waals surface area contributed by atoms with Crippen LogP contribution in [0.3, 0.4) is 0 Å². The van der Waals surface area contributed by atoms with Crippen molar-refractivity contribution in [1.29, 1.82) is 5.26 Å². The van der Waals surface area contributed by atoms with Gasteiger partial charge in [0, 0.05) is 13.1 Å². The van der Waals surface area contributed by atoms with Gasteiger partial charge in [-0.3, -0.25) is 4.79 Å². The van der Waals surface area contributed by atoms with Gasteiger partial charge in [0.1, 0.15) is 22.7 Å². The van der Waals surface area contributed by atoms with Crippen LogP contribution >= 0.6 is 11.5 Å². The number of anilines is 2. The van der Waals surface area contributed by atoms with Crippen LogP contribution in [0.2, 0.25) is 0 Å². The van der Waals surface area contributed by atoms with Gasteiger partial charge < -0.3 is 16.0 Å². The number of amides is 1. The van der Waals surface area contributed by atoms with Crippen molar-refractivity contribution in [2.45, 2.75) is 32.2 Å². The molecule has 1 fully saturated rings. The van der Waals surface area contributed by atoms with Gasteiger partial charge in [-0.15, -0.1) is 0 Å². The fourth-order valence-electron chi connectivity index (χ4n) is 2.16. The lowest BCUT2D eigenvalue weighted by Crippen LogP contribution is -2.43. The molecule has 2 rings (SSSR count). The Morgan fingerprint density at radius 1 is 1.53 bits per heavy atom. The molecule has 1 aliphatic heterocycles. The zero-order valence-corrected chi connectivity index (χ0v) is 11.7. The molecule has 0 bridgehead atoms. The highest BCUT2D eigenvalue weighted by Crippen LogP contribution is 2.26. The molecule has 1 aliphatic rings. The second-order valence-corrected chi connectivity index (χ2v) is 5.41. The van der Waals surface area contributed by atoms with Crippen molar-refractivity contribution in [3.8, 4) is 6.07 Å². The first kappa shape index (κ1) is 13.6. The van der Waals surface area contributed by atoms with Crippen molar-refractivity contribution in [1.82, 2.24) is 9.27 Å². The number of piperidine rings is 1. The van der Waals surface area contributed by atoms with E-state index in [9.17, 15) is 4.79 Å². The standard InChI is InChI=1S/C12H17N5OS/c1-8(12(18)17-5-3-2-4-6-17)15-11-9(7-13)10(14)16-19-11/h8,15H,2-6H2,1H3,(H2,14,16). The molecule has 0 spiro atoms. The Morgan fingerprint density at radius 3 is 2.84 bits per heavy atom. The molecule has 1 aromatic rings. The van der Waals surface area contributed by atoms with E-state index >= 15 is 0 Å². The molecule has 3 N–H and O–H groups in total. The van der Waals surface area contributed by atoms with Crippen molar-refractivity contribution >= 4 is 28.3 Å². The minimum absolute atomic E-state index is 0.0653. The zero-order valence-electron chi connectivity index (χ0n) is 10.8. The minimum Gasteiger partial charge on any atom is -0.382 e. The van der Waals surface area contributed by atoms with Gasteiger partial charge in [0.05, 0.1) is 0 Å². The Labute approximate surface area is 116 Å². The number of hydrogen-bond acceptors (Lipinski definition) is 6. The van der Waals surface area contributed by atoms with E-state index < -0.39 is 0 Å². The number of nitrogens with two attached hydrogens (primary N) is 1. The Hall–Kier alpha value is -1.81. The summed E-state index contributed by atoms with van der Waals surface area (Å²) in [7, 11) is 0. The van der Waals surface area contributed by atoms with Crippen LogP contribution in [0.25, 0.3) is 0 Å². The second kappa shape index (κ2) is 5.89. The lowest BCUT2D eigenvalue weighted by atomic mass is 10.1. The third-order valence-electron chi connectivity index (χ3n) is 3.22. The fourth-order valence-corrected chi connectivity index (χ4v) is 2.91. The number of hydrogen-bond donors (Lipinski definition) is 2. The summed E-state index contributed by atoms with van der Waals surface area (Å²) in [6.07, 6.45) is 3.32. The van der Waals surface area contributed by atoms with Crippen LogP contribution in [-0.4, -0.2) is 34.3 Å². The van der Waals surface area contributed by atoms with Gasteiger partial charge >= 0.3 is 0 Å². The van der Waals surface area contributed by atoms with E-state index in [-0.39, 0.29) is 17.8 Å². The van der Waals surface area contributed by atoms with Gasteiger partial charge in [-0.2, -0.15) is 9.64 Å². The Morgan fingerprint density at radius 2 is 2.21 bits per heavy atom. The van der Waals surface area contributed by atoms with Gasteiger partial charge in [-0.05, 0) is 37.7 Å². The van der Waals surface area contributed by atoms with E-state index in [2.05, 4.69) is 9.69 Å². The van der Waals surface area contributed by atoms with Crippen LogP contribution < -0.4 is 11.1 Å². The molecule has 0 radical (unpaired) electrons. The topological polar surface area (TPSA) is 95.0 Å². The summed E-state index contributed by atoms with van der Waals surface area (Å²) in [4.78, 5) is 14.1. The molecule has 1 aromatic heterocycles. The summed E-state index contributed by atoms with van der Waals surface area (Å²) < 4.78 is 3.92. The molecule has 1 unspecified atom stereocenters. The summed E-state index contributed by atoms with van der Waals surface area (Å²) in [6.45, 7) is 3.44. The largest absolute Gasteiger partial charge is 0.382 e. The van der Waals surface area contributed by atoms with Crippen LogP contribution in [0.15, 0.2) is 0 Å². The number of nitrogen functional groups attached to an aromatic ring is 1. The second-order valence-electron chi connectivity index (χ2n) is 4.64. The molecular formula is C12H17N5OS. The van der Waals surface area contributed by atoms with E-state index in [1.165, 1.54) is 6.42 Å². The molecule has 0 aromatic carbocycles. The molecule has 7 heteroatoms. The quantitative estimate of drug-likeness (QED) is 0.872. The van der Waals surface area contributed by atoms with E-state index in [0.717, 1.165) is 37.5 Å². The smallest absolute Gasteiger partial charge is 0.244 e. The van der Waals surface area contributed by atoms with Crippen molar-refractivity contribution in [2.75, 3.05) is 24.1 Å².